The fourth-order valence-corrected chi connectivity index (χ4v) is 2.53. The molecule has 1 aliphatic carbocycles. The maximum absolute atomic E-state index is 11.1. The summed E-state index contributed by atoms with van der Waals surface area (Å²) >= 11 is 0. The van der Waals surface area contributed by atoms with Crippen LogP contribution in [-0.4, -0.2) is 17.6 Å². The first-order valence-electron chi connectivity index (χ1n) is 6.17. The van der Waals surface area contributed by atoms with E-state index in [2.05, 4.69) is 0 Å². The molecule has 0 radical (unpaired) electrons. The number of aliphatic carboxylic acids is 1. The molecule has 3 heteroatoms. The number of carbonyl (C=O) groups is 1. The molecule has 3 N–H and O–H groups in total. The Morgan fingerprint density at radius 2 is 2.00 bits per heavy atom. The van der Waals surface area contributed by atoms with Gasteiger partial charge >= 0.3 is 5.97 Å². The van der Waals surface area contributed by atoms with Gasteiger partial charge < -0.3 is 10.8 Å². The minimum Gasteiger partial charge on any atom is -0.481 e. The van der Waals surface area contributed by atoms with Gasteiger partial charge in [0.25, 0.3) is 0 Å². The Morgan fingerprint density at radius 1 is 1.33 bits per heavy atom. The normalized spacial score (nSPS) is 19.3. The quantitative estimate of drug-likeness (QED) is 0.638. The maximum Gasteiger partial charge on any atom is 0.306 e. The van der Waals surface area contributed by atoms with Crippen LogP contribution in [0.25, 0.3) is 0 Å². The molecule has 15 heavy (non-hydrogen) atoms. The molecule has 1 unspecified atom stereocenters. The van der Waals surface area contributed by atoms with E-state index in [1.54, 1.807) is 0 Å². The van der Waals surface area contributed by atoms with Crippen molar-refractivity contribution in [2.75, 3.05) is 6.54 Å². The Hall–Kier alpha value is -0.570. The second-order valence-electron chi connectivity index (χ2n) is 4.71. The Labute approximate surface area is 92.0 Å². The summed E-state index contributed by atoms with van der Waals surface area (Å²) in [6, 6.07) is 0. The van der Waals surface area contributed by atoms with Crippen LogP contribution in [0, 0.1) is 11.8 Å². The van der Waals surface area contributed by atoms with Gasteiger partial charge in [-0.25, -0.2) is 0 Å². The second kappa shape index (κ2) is 6.83. The van der Waals surface area contributed by atoms with Crippen LogP contribution in [0.3, 0.4) is 0 Å². The summed E-state index contributed by atoms with van der Waals surface area (Å²) in [5.74, 6) is -0.0671. The SMILES string of the molecule is NCCCCC(CC1CCCC1)C(=O)O. The lowest BCUT2D eigenvalue weighted by Gasteiger charge is -2.16. The fourth-order valence-electron chi connectivity index (χ4n) is 2.53. The molecule has 0 heterocycles. The molecule has 3 nitrogen and oxygen atoms in total. The van der Waals surface area contributed by atoms with E-state index in [1.807, 2.05) is 0 Å². The fraction of sp³-hybridized carbons (Fsp3) is 0.917. The molecule has 0 saturated heterocycles. The highest BCUT2D eigenvalue weighted by Gasteiger charge is 2.24. The summed E-state index contributed by atoms with van der Waals surface area (Å²) in [5, 5.41) is 9.10. The van der Waals surface area contributed by atoms with Gasteiger partial charge in [0.05, 0.1) is 5.92 Å². The van der Waals surface area contributed by atoms with E-state index in [9.17, 15) is 4.79 Å². The predicted octanol–water partition coefficient (Wildman–Crippen LogP) is 2.40. The van der Waals surface area contributed by atoms with Crippen LogP contribution < -0.4 is 5.73 Å². The Morgan fingerprint density at radius 3 is 2.53 bits per heavy atom. The molecule has 0 bridgehead atoms. The van der Waals surface area contributed by atoms with Crippen molar-refractivity contribution in [1.82, 2.24) is 0 Å². The number of nitrogens with two attached hydrogens (primary N) is 1. The number of carboxylic acids is 1. The summed E-state index contributed by atoms with van der Waals surface area (Å²) in [6.07, 6.45) is 8.67. The molecule has 0 spiro atoms. The number of unbranched alkanes of at least 4 members (excludes halogenated alkanes) is 1. The van der Waals surface area contributed by atoms with E-state index in [0.29, 0.717) is 12.5 Å². The average Bonchev–Trinajstić information content (AvgIpc) is 2.69. The zero-order valence-electron chi connectivity index (χ0n) is 9.45. The molecule has 88 valence electrons. The van der Waals surface area contributed by atoms with E-state index in [0.717, 1.165) is 25.7 Å². The third-order valence-electron chi connectivity index (χ3n) is 3.45. The van der Waals surface area contributed by atoms with Gasteiger partial charge in [-0.1, -0.05) is 32.1 Å². The summed E-state index contributed by atoms with van der Waals surface area (Å²) in [6.45, 7) is 0.676. The van der Waals surface area contributed by atoms with Crippen LogP contribution in [0.4, 0.5) is 0 Å². The second-order valence-corrected chi connectivity index (χ2v) is 4.71. The standard InChI is InChI=1S/C12H23NO2/c13-8-4-3-7-11(12(14)15)9-10-5-1-2-6-10/h10-11H,1-9,13H2,(H,14,15). The highest BCUT2D eigenvalue weighted by molar-refractivity contribution is 5.69. The molecular weight excluding hydrogens is 190 g/mol. The van der Waals surface area contributed by atoms with Crippen LogP contribution in [0.5, 0.6) is 0 Å². The molecule has 0 aromatic carbocycles. The van der Waals surface area contributed by atoms with Gasteiger partial charge in [-0.2, -0.15) is 0 Å². The molecule has 1 aliphatic rings. The number of carboxylic acid groups (broad SMARTS) is 1. The van der Waals surface area contributed by atoms with Crippen molar-refractivity contribution in [2.45, 2.75) is 51.4 Å². The maximum atomic E-state index is 11.1. The van der Waals surface area contributed by atoms with E-state index < -0.39 is 5.97 Å². The molecular formula is C12H23NO2. The van der Waals surface area contributed by atoms with E-state index in [-0.39, 0.29) is 5.92 Å². The van der Waals surface area contributed by atoms with Crippen molar-refractivity contribution >= 4 is 5.97 Å². The van der Waals surface area contributed by atoms with Gasteiger partial charge in [-0.05, 0) is 31.7 Å². The molecule has 0 aromatic heterocycles. The third-order valence-corrected chi connectivity index (χ3v) is 3.45. The summed E-state index contributed by atoms with van der Waals surface area (Å²) < 4.78 is 0. The Balaban J connectivity index is 2.26. The Kier molecular flexibility index (Phi) is 5.69. The molecule has 1 fully saturated rings. The first-order chi connectivity index (χ1) is 7.24. The smallest absolute Gasteiger partial charge is 0.306 e. The van der Waals surface area contributed by atoms with Gasteiger partial charge in [-0.15, -0.1) is 0 Å². The number of rotatable bonds is 7. The summed E-state index contributed by atoms with van der Waals surface area (Å²) in [4.78, 5) is 11.1. The lowest BCUT2D eigenvalue weighted by atomic mass is 9.89. The first-order valence-corrected chi connectivity index (χ1v) is 6.17. The topological polar surface area (TPSA) is 63.3 Å². The molecule has 0 amide bonds. The van der Waals surface area contributed by atoms with E-state index in [1.165, 1.54) is 25.7 Å². The van der Waals surface area contributed by atoms with Crippen LogP contribution in [0.2, 0.25) is 0 Å². The molecule has 1 rings (SSSR count). The van der Waals surface area contributed by atoms with Gasteiger partial charge in [0.2, 0.25) is 0 Å². The van der Waals surface area contributed by atoms with Crippen molar-refractivity contribution in [1.29, 1.82) is 0 Å². The van der Waals surface area contributed by atoms with Crippen molar-refractivity contribution < 1.29 is 9.90 Å². The minimum atomic E-state index is -0.612. The van der Waals surface area contributed by atoms with E-state index >= 15 is 0 Å². The molecule has 1 atom stereocenters. The van der Waals surface area contributed by atoms with Crippen molar-refractivity contribution in [3.63, 3.8) is 0 Å². The predicted molar refractivity (Wildman–Crippen MR) is 60.6 cm³/mol. The van der Waals surface area contributed by atoms with Crippen LogP contribution in [0.15, 0.2) is 0 Å². The molecule has 0 aliphatic heterocycles. The van der Waals surface area contributed by atoms with Gasteiger partial charge in [0.15, 0.2) is 0 Å². The molecule has 0 aromatic rings. The lowest BCUT2D eigenvalue weighted by Crippen LogP contribution is -2.17. The number of hydrogen-bond donors (Lipinski definition) is 2. The minimum absolute atomic E-state index is 0.125. The largest absolute Gasteiger partial charge is 0.481 e. The zero-order valence-corrected chi connectivity index (χ0v) is 9.45. The highest BCUT2D eigenvalue weighted by atomic mass is 16.4. The zero-order chi connectivity index (χ0) is 11.1. The van der Waals surface area contributed by atoms with Crippen molar-refractivity contribution in [3.05, 3.63) is 0 Å². The average molecular weight is 213 g/mol. The number of hydrogen-bond acceptors (Lipinski definition) is 2. The molecule has 1 saturated carbocycles. The monoisotopic (exact) mass is 213 g/mol. The highest BCUT2D eigenvalue weighted by Crippen LogP contribution is 2.31. The van der Waals surface area contributed by atoms with Gasteiger partial charge in [0.1, 0.15) is 0 Å². The van der Waals surface area contributed by atoms with Crippen LogP contribution in [0.1, 0.15) is 51.4 Å². The van der Waals surface area contributed by atoms with Crippen molar-refractivity contribution in [3.8, 4) is 0 Å². The van der Waals surface area contributed by atoms with Crippen molar-refractivity contribution in [2.24, 2.45) is 17.6 Å². The van der Waals surface area contributed by atoms with Gasteiger partial charge in [-0.3, -0.25) is 4.79 Å². The summed E-state index contributed by atoms with van der Waals surface area (Å²) in [5.41, 5.74) is 5.41. The van der Waals surface area contributed by atoms with Crippen LogP contribution >= 0.6 is 0 Å². The van der Waals surface area contributed by atoms with E-state index in [4.69, 9.17) is 10.8 Å². The van der Waals surface area contributed by atoms with Gasteiger partial charge in [0, 0.05) is 0 Å². The first kappa shape index (κ1) is 12.5. The lowest BCUT2D eigenvalue weighted by molar-refractivity contribution is -0.142. The summed E-state index contributed by atoms with van der Waals surface area (Å²) in [7, 11) is 0. The third kappa shape index (κ3) is 4.65. The van der Waals surface area contributed by atoms with Crippen LogP contribution in [-0.2, 0) is 4.79 Å². The Bertz CT molecular complexity index is 188.